The lowest BCUT2D eigenvalue weighted by molar-refractivity contribution is -0.136. The fraction of sp³-hybridized carbons (Fsp3) is 0.400. The third-order valence-electron chi connectivity index (χ3n) is 5.88. The van der Waals surface area contributed by atoms with Crippen molar-refractivity contribution in [3.63, 3.8) is 0 Å². The number of nitrogens with one attached hydrogen (secondary N) is 3. The van der Waals surface area contributed by atoms with Crippen molar-refractivity contribution in [3.8, 4) is 0 Å². The van der Waals surface area contributed by atoms with Crippen LogP contribution in [-0.4, -0.2) is 62.7 Å². The van der Waals surface area contributed by atoms with Crippen LogP contribution in [0.3, 0.4) is 0 Å². The Bertz CT molecular complexity index is 1090. The van der Waals surface area contributed by atoms with Crippen LogP contribution >= 0.6 is 0 Å². The molecular weight excluding hydrogens is 402 g/mol. The van der Waals surface area contributed by atoms with E-state index in [0.717, 1.165) is 30.1 Å². The van der Waals surface area contributed by atoms with Crippen molar-refractivity contribution < 1.29 is 19.2 Å². The van der Waals surface area contributed by atoms with Crippen LogP contribution in [0.2, 0.25) is 0 Å². The first-order valence-electron chi connectivity index (χ1n) is 10.2. The Hall–Kier alpha value is -3.60. The normalized spacial score (nSPS) is 23.3. The van der Waals surface area contributed by atoms with Gasteiger partial charge in [-0.05, 0) is 37.6 Å². The Labute approximate surface area is 177 Å². The van der Waals surface area contributed by atoms with Crippen molar-refractivity contribution >= 4 is 29.3 Å². The van der Waals surface area contributed by atoms with E-state index < -0.39 is 29.7 Å². The molecule has 1 aromatic heterocycles. The van der Waals surface area contributed by atoms with E-state index in [4.69, 9.17) is 0 Å². The Morgan fingerprint density at radius 2 is 1.94 bits per heavy atom. The van der Waals surface area contributed by atoms with Crippen molar-refractivity contribution in [1.29, 1.82) is 0 Å². The lowest BCUT2D eigenvalue weighted by Crippen LogP contribution is -2.54. The molecule has 4 amide bonds. The molecule has 3 aliphatic rings. The van der Waals surface area contributed by atoms with Gasteiger partial charge in [0.25, 0.3) is 11.8 Å². The van der Waals surface area contributed by atoms with Gasteiger partial charge in [0, 0.05) is 18.7 Å². The minimum Gasteiger partial charge on any atom is -0.379 e. The summed E-state index contributed by atoms with van der Waals surface area (Å²) in [5, 5.41) is 17.1. The molecule has 5 rings (SSSR count). The lowest BCUT2D eigenvalue weighted by atomic mass is 10.0. The minimum atomic E-state index is -0.971. The van der Waals surface area contributed by atoms with Gasteiger partial charge in [-0.1, -0.05) is 5.21 Å². The summed E-state index contributed by atoms with van der Waals surface area (Å²) in [6, 6.07) is 4.23. The molecular formula is C20H21N7O4. The number of rotatable bonds is 5. The molecule has 11 nitrogen and oxygen atoms in total. The minimum absolute atomic E-state index is 0.0915. The van der Waals surface area contributed by atoms with Crippen molar-refractivity contribution in [3.05, 3.63) is 41.2 Å². The number of hydrogen-bond acceptors (Lipinski definition) is 8. The number of amides is 4. The topological polar surface area (TPSA) is 138 Å². The number of anilines is 1. The van der Waals surface area contributed by atoms with Gasteiger partial charge in [0.05, 0.1) is 29.9 Å². The molecule has 0 radical (unpaired) electrons. The van der Waals surface area contributed by atoms with Crippen LogP contribution in [0.15, 0.2) is 24.4 Å². The van der Waals surface area contributed by atoms with E-state index in [1.165, 1.54) is 0 Å². The summed E-state index contributed by atoms with van der Waals surface area (Å²) in [7, 11) is 0. The summed E-state index contributed by atoms with van der Waals surface area (Å²) in [5.41, 5.74) is 1.90. The Morgan fingerprint density at radius 1 is 1.10 bits per heavy atom. The molecule has 2 fully saturated rings. The van der Waals surface area contributed by atoms with Crippen molar-refractivity contribution in [2.24, 2.45) is 0 Å². The third kappa shape index (κ3) is 3.46. The molecule has 11 heteroatoms. The van der Waals surface area contributed by atoms with Gasteiger partial charge in [0.1, 0.15) is 11.7 Å². The predicted molar refractivity (Wildman–Crippen MR) is 107 cm³/mol. The zero-order valence-corrected chi connectivity index (χ0v) is 16.6. The third-order valence-corrected chi connectivity index (χ3v) is 5.88. The van der Waals surface area contributed by atoms with Crippen LogP contribution in [0.4, 0.5) is 5.69 Å². The lowest BCUT2D eigenvalue weighted by Gasteiger charge is -2.27. The van der Waals surface area contributed by atoms with E-state index >= 15 is 0 Å². The summed E-state index contributed by atoms with van der Waals surface area (Å²) in [6.45, 7) is 2.26. The van der Waals surface area contributed by atoms with Crippen molar-refractivity contribution in [1.82, 2.24) is 30.5 Å². The van der Waals surface area contributed by atoms with Gasteiger partial charge in [-0.2, -0.15) is 0 Å². The van der Waals surface area contributed by atoms with Crippen LogP contribution in [0.25, 0.3) is 0 Å². The number of nitrogens with zero attached hydrogens (tertiary/aromatic N) is 4. The number of aromatic nitrogens is 3. The highest BCUT2D eigenvalue weighted by molar-refractivity contribution is 6.23. The molecule has 0 bridgehead atoms. The maximum Gasteiger partial charge on any atom is 0.262 e. The molecule has 4 heterocycles. The van der Waals surface area contributed by atoms with E-state index in [2.05, 4.69) is 26.3 Å². The molecule has 1 aromatic carbocycles. The highest BCUT2D eigenvalue weighted by Gasteiger charge is 2.44. The van der Waals surface area contributed by atoms with Crippen LogP contribution in [0.5, 0.6) is 0 Å². The zero-order chi connectivity index (χ0) is 21.5. The van der Waals surface area contributed by atoms with Gasteiger partial charge in [-0.25, -0.2) is 4.68 Å². The first-order valence-corrected chi connectivity index (χ1v) is 10.2. The quantitative estimate of drug-likeness (QED) is 0.564. The van der Waals surface area contributed by atoms with Gasteiger partial charge < -0.3 is 10.6 Å². The fourth-order valence-corrected chi connectivity index (χ4v) is 4.21. The summed E-state index contributed by atoms with van der Waals surface area (Å²) < 4.78 is 1.86. The van der Waals surface area contributed by atoms with Gasteiger partial charge in [0.15, 0.2) is 0 Å². The number of piperidine rings is 1. The maximum absolute atomic E-state index is 12.9. The summed E-state index contributed by atoms with van der Waals surface area (Å²) in [6.07, 6.45) is 3.14. The zero-order valence-electron chi connectivity index (χ0n) is 16.6. The highest BCUT2D eigenvalue weighted by Crippen LogP contribution is 2.29. The molecule has 3 N–H and O–H groups in total. The number of imide groups is 2. The fourth-order valence-electron chi connectivity index (χ4n) is 4.21. The standard InChI is InChI=1S/C20H21N7O4/c28-17-4-3-16(18(29)23-17)27-19(30)14-2-1-11(7-15(14)20(27)31)22-8-12-10-26(25-24-12)13-5-6-21-9-13/h1-2,7,10,13,16,21-22H,3-6,8-9H2,(H,23,28,29). The van der Waals surface area contributed by atoms with Gasteiger partial charge in [0.2, 0.25) is 11.8 Å². The molecule has 0 aliphatic carbocycles. The maximum atomic E-state index is 12.9. The van der Waals surface area contributed by atoms with Crippen molar-refractivity contribution in [2.45, 2.75) is 37.9 Å². The second-order valence-electron chi connectivity index (χ2n) is 7.90. The average molecular weight is 423 g/mol. The number of carbonyl (C=O) groups is 4. The largest absolute Gasteiger partial charge is 0.379 e. The van der Waals surface area contributed by atoms with E-state index in [9.17, 15) is 19.2 Å². The number of fused-ring (bicyclic) bond motifs is 1. The van der Waals surface area contributed by atoms with E-state index in [0.29, 0.717) is 18.3 Å². The van der Waals surface area contributed by atoms with Crippen LogP contribution in [0, 0.1) is 0 Å². The summed E-state index contributed by atoms with van der Waals surface area (Å²) in [5.74, 6) is -2.07. The molecule has 2 aromatic rings. The van der Waals surface area contributed by atoms with Crippen LogP contribution in [-0.2, 0) is 16.1 Å². The Kier molecular flexibility index (Phi) is 4.74. The number of hydrogen-bond donors (Lipinski definition) is 3. The molecule has 0 saturated carbocycles. The summed E-state index contributed by atoms with van der Waals surface area (Å²) >= 11 is 0. The van der Waals surface area contributed by atoms with Crippen LogP contribution in [0.1, 0.15) is 51.7 Å². The highest BCUT2D eigenvalue weighted by atomic mass is 16.2. The predicted octanol–water partition coefficient (Wildman–Crippen LogP) is -0.174. The first-order chi connectivity index (χ1) is 15.0. The number of carbonyl (C=O) groups excluding carboxylic acids is 4. The second kappa shape index (κ2) is 7.58. The van der Waals surface area contributed by atoms with E-state index in [1.807, 2.05) is 10.9 Å². The molecule has 31 heavy (non-hydrogen) atoms. The Morgan fingerprint density at radius 3 is 2.71 bits per heavy atom. The van der Waals surface area contributed by atoms with Gasteiger partial charge in [-0.3, -0.25) is 29.4 Å². The van der Waals surface area contributed by atoms with Gasteiger partial charge in [-0.15, -0.1) is 5.10 Å². The first kappa shape index (κ1) is 19.4. The molecule has 160 valence electrons. The molecule has 2 atom stereocenters. The Balaban J connectivity index is 1.29. The van der Waals surface area contributed by atoms with Crippen LogP contribution < -0.4 is 16.0 Å². The SMILES string of the molecule is O=C1CCC(N2C(=O)c3ccc(NCc4cn(C5CCNC5)nn4)cc3C2=O)C(=O)N1. The molecule has 2 saturated heterocycles. The second-order valence-corrected chi connectivity index (χ2v) is 7.90. The smallest absolute Gasteiger partial charge is 0.262 e. The van der Waals surface area contributed by atoms with E-state index in [1.54, 1.807) is 18.2 Å². The average Bonchev–Trinajstić information content (AvgIpc) is 3.49. The monoisotopic (exact) mass is 423 g/mol. The van der Waals surface area contributed by atoms with Crippen molar-refractivity contribution in [2.75, 3.05) is 18.4 Å². The summed E-state index contributed by atoms with van der Waals surface area (Å²) in [4.78, 5) is 50.1. The van der Waals surface area contributed by atoms with E-state index in [-0.39, 0.29) is 24.0 Å². The molecule has 2 unspecified atom stereocenters. The molecule has 3 aliphatic heterocycles. The molecule has 0 spiro atoms. The number of benzene rings is 1. The van der Waals surface area contributed by atoms with Gasteiger partial charge >= 0.3 is 0 Å².